The minimum absolute atomic E-state index is 0.620. The summed E-state index contributed by atoms with van der Waals surface area (Å²) in [4.78, 5) is 8.86. The maximum absolute atomic E-state index is 6.01. The summed E-state index contributed by atoms with van der Waals surface area (Å²) in [5, 5.41) is 5.24. The third-order valence-corrected chi connectivity index (χ3v) is 3.28. The number of hydrogen-bond donors (Lipinski definition) is 1. The summed E-state index contributed by atoms with van der Waals surface area (Å²) in [6, 6.07) is 13.9. The lowest BCUT2D eigenvalue weighted by Gasteiger charge is -2.11. The Morgan fingerprint density at radius 1 is 1.14 bits per heavy atom. The van der Waals surface area contributed by atoms with Gasteiger partial charge in [-0.1, -0.05) is 18.2 Å². The van der Waals surface area contributed by atoms with Gasteiger partial charge in [0.1, 0.15) is 0 Å². The van der Waals surface area contributed by atoms with Crippen molar-refractivity contribution in [2.24, 2.45) is 0 Å². The average molecular weight is 279 g/mol. The average Bonchev–Trinajstić information content (AvgIpc) is 2.50. The summed E-state index contributed by atoms with van der Waals surface area (Å²) >= 11 is 0. The number of nitrogens with zero attached hydrogens (tertiary/aromatic N) is 2. The van der Waals surface area contributed by atoms with E-state index >= 15 is 0 Å². The lowest BCUT2D eigenvalue weighted by molar-refractivity contribution is 0.460. The van der Waals surface area contributed by atoms with Crippen molar-refractivity contribution >= 4 is 10.8 Å². The van der Waals surface area contributed by atoms with Crippen LogP contribution < -0.4 is 10.1 Å². The number of pyridine rings is 2. The number of hydrogen-bond acceptors (Lipinski definition) is 4. The molecule has 106 valence electrons. The van der Waals surface area contributed by atoms with Crippen LogP contribution in [0, 0.1) is 6.92 Å². The van der Waals surface area contributed by atoms with Gasteiger partial charge in [-0.2, -0.15) is 0 Å². The van der Waals surface area contributed by atoms with Crippen LogP contribution in [-0.2, 0) is 6.54 Å². The Kier molecular flexibility index (Phi) is 3.79. The summed E-state index contributed by atoms with van der Waals surface area (Å²) in [5.74, 6) is 1.35. The topological polar surface area (TPSA) is 47.0 Å². The maximum Gasteiger partial charge on any atom is 0.227 e. The molecule has 1 aromatic carbocycles. The molecule has 0 aliphatic heterocycles. The fraction of sp³-hybridized carbons (Fsp3) is 0.176. The molecule has 0 unspecified atom stereocenters. The molecule has 0 saturated heterocycles. The van der Waals surface area contributed by atoms with E-state index in [9.17, 15) is 0 Å². The van der Waals surface area contributed by atoms with Crippen LogP contribution >= 0.6 is 0 Å². The molecule has 4 heteroatoms. The standard InChI is InChI=1S/C17H17N3O/c1-12-16(8-5-9-19-12)21-17-15-7-4-3-6-13(15)10-14(20-17)11-18-2/h3-10,18H,11H2,1-2H3. The van der Waals surface area contributed by atoms with Crippen molar-refractivity contribution in [3.8, 4) is 11.6 Å². The van der Waals surface area contributed by atoms with Crippen LogP contribution in [0.5, 0.6) is 11.6 Å². The molecule has 0 fully saturated rings. The number of aryl methyl sites for hydroxylation is 1. The fourth-order valence-electron chi connectivity index (χ4n) is 2.25. The molecule has 21 heavy (non-hydrogen) atoms. The van der Waals surface area contributed by atoms with Crippen molar-refractivity contribution in [1.82, 2.24) is 15.3 Å². The van der Waals surface area contributed by atoms with E-state index in [1.54, 1.807) is 6.20 Å². The molecule has 2 aromatic heterocycles. The van der Waals surface area contributed by atoms with Crippen LogP contribution in [0.1, 0.15) is 11.4 Å². The molecule has 0 atom stereocenters. The van der Waals surface area contributed by atoms with Crippen molar-refractivity contribution < 1.29 is 4.74 Å². The Morgan fingerprint density at radius 3 is 2.81 bits per heavy atom. The van der Waals surface area contributed by atoms with Gasteiger partial charge in [0.25, 0.3) is 0 Å². The Hall–Kier alpha value is -2.46. The van der Waals surface area contributed by atoms with Gasteiger partial charge in [0.15, 0.2) is 5.75 Å². The van der Waals surface area contributed by atoms with Gasteiger partial charge < -0.3 is 10.1 Å². The Balaban J connectivity index is 2.09. The Morgan fingerprint density at radius 2 is 2.00 bits per heavy atom. The SMILES string of the molecule is CNCc1cc2ccccc2c(Oc2cccnc2C)n1. The van der Waals surface area contributed by atoms with Crippen LogP contribution in [0.3, 0.4) is 0 Å². The van der Waals surface area contributed by atoms with Crippen LogP contribution in [-0.4, -0.2) is 17.0 Å². The van der Waals surface area contributed by atoms with E-state index < -0.39 is 0 Å². The number of rotatable bonds is 4. The van der Waals surface area contributed by atoms with Gasteiger partial charge in [-0.3, -0.25) is 4.98 Å². The van der Waals surface area contributed by atoms with Gasteiger partial charge in [-0.25, -0.2) is 4.98 Å². The molecular weight excluding hydrogens is 262 g/mol. The molecular formula is C17H17N3O. The van der Waals surface area contributed by atoms with Crippen LogP contribution in [0.4, 0.5) is 0 Å². The van der Waals surface area contributed by atoms with Crippen molar-refractivity contribution in [3.63, 3.8) is 0 Å². The van der Waals surface area contributed by atoms with E-state index in [1.807, 2.05) is 44.3 Å². The molecule has 0 bridgehead atoms. The first-order valence-electron chi connectivity index (χ1n) is 6.90. The monoisotopic (exact) mass is 279 g/mol. The minimum Gasteiger partial charge on any atom is -0.436 e. The summed E-state index contributed by atoms with van der Waals surface area (Å²) in [5.41, 5.74) is 1.80. The molecule has 0 radical (unpaired) electrons. The van der Waals surface area contributed by atoms with Gasteiger partial charge in [0.05, 0.1) is 11.4 Å². The number of aromatic nitrogens is 2. The number of fused-ring (bicyclic) bond motifs is 1. The normalized spacial score (nSPS) is 10.8. The highest BCUT2D eigenvalue weighted by atomic mass is 16.5. The largest absolute Gasteiger partial charge is 0.436 e. The van der Waals surface area contributed by atoms with E-state index in [1.165, 1.54) is 0 Å². The first-order chi connectivity index (χ1) is 10.3. The highest BCUT2D eigenvalue weighted by Gasteiger charge is 2.09. The van der Waals surface area contributed by atoms with E-state index in [4.69, 9.17) is 4.74 Å². The molecule has 0 aliphatic rings. The van der Waals surface area contributed by atoms with Crippen LogP contribution in [0.2, 0.25) is 0 Å². The van der Waals surface area contributed by atoms with E-state index in [-0.39, 0.29) is 0 Å². The Bertz CT molecular complexity index is 771. The molecule has 4 nitrogen and oxygen atoms in total. The van der Waals surface area contributed by atoms with Crippen molar-refractivity contribution in [1.29, 1.82) is 0 Å². The zero-order valence-corrected chi connectivity index (χ0v) is 12.1. The molecule has 0 aliphatic carbocycles. The first-order valence-corrected chi connectivity index (χ1v) is 6.90. The van der Waals surface area contributed by atoms with Crippen molar-refractivity contribution in [2.45, 2.75) is 13.5 Å². The van der Waals surface area contributed by atoms with E-state index in [0.717, 1.165) is 27.9 Å². The summed E-state index contributed by atoms with van der Waals surface area (Å²) in [6.07, 6.45) is 1.76. The second-order valence-corrected chi connectivity index (χ2v) is 4.86. The number of nitrogens with one attached hydrogen (secondary N) is 1. The Labute approximate surface area is 123 Å². The van der Waals surface area contributed by atoms with Crippen LogP contribution in [0.25, 0.3) is 10.8 Å². The molecule has 3 rings (SSSR count). The van der Waals surface area contributed by atoms with Gasteiger partial charge in [-0.05, 0) is 43.6 Å². The molecule has 2 heterocycles. The van der Waals surface area contributed by atoms with Gasteiger partial charge in [0, 0.05) is 18.1 Å². The van der Waals surface area contributed by atoms with Crippen molar-refractivity contribution in [2.75, 3.05) is 7.05 Å². The second kappa shape index (κ2) is 5.89. The molecule has 0 spiro atoms. The fourth-order valence-corrected chi connectivity index (χ4v) is 2.25. The summed E-state index contributed by atoms with van der Waals surface area (Å²) < 4.78 is 6.01. The lowest BCUT2D eigenvalue weighted by Crippen LogP contribution is -2.07. The molecule has 0 amide bonds. The van der Waals surface area contributed by atoms with Gasteiger partial charge in [-0.15, -0.1) is 0 Å². The molecule has 0 saturated carbocycles. The molecule has 1 N–H and O–H groups in total. The third kappa shape index (κ3) is 2.85. The highest BCUT2D eigenvalue weighted by Crippen LogP contribution is 2.29. The zero-order chi connectivity index (χ0) is 14.7. The smallest absolute Gasteiger partial charge is 0.227 e. The lowest BCUT2D eigenvalue weighted by atomic mass is 10.1. The summed E-state index contributed by atoms with van der Waals surface area (Å²) in [6.45, 7) is 2.63. The quantitative estimate of drug-likeness (QED) is 0.794. The first kappa shape index (κ1) is 13.5. The van der Waals surface area contributed by atoms with E-state index in [0.29, 0.717) is 12.4 Å². The van der Waals surface area contributed by atoms with Crippen molar-refractivity contribution in [3.05, 3.63) is 60.0 Å². The zero-order valence-electron chi connectivity index (χ0n) is 12.1. The maximum atomic E-state index is 6.01. The van der Waals surface area contributed by atoms with Gasteiger partial charge in [0.2, 0.25) is 5.88 Å². The molecule has 3 aromatic rings. The number of benzene rings is 1. The summed E-state index contributed by atoms with van der Waals surface area (Å²) in [7, 11) is 1.91. The van der Waals surface area contributed by atoms with Crippen LogP contribution in [0.15, 0.2) is 48.7 Å². The minimum atomic E-state index is 0.620. The third-order valence-electron chi connectivity index (χ3n) is 3.28. The van der Waals surface area contributed by atoms with Gasteiger partial charge >= 0.3 is 0 Å². The highest BCUT2D eigenvalue weighted by molar-refractivity contribution is 5.87. The predicted octanol–water partition coefficient (Wildman–Crippen LogP) is 3.45. The predicted molar refractivity (Wildman–Crippen MR) is 83.6 cm³/mol. The van der Waals surface area contributed by atoms with E-state index in [2.05, 4.69) is 27.4 Å². The number of ether oxygens (including phenoxy) is 1. The second-order valence-electron chi connectivity index (χ2n) is 4.86.